The molecule has 3 nitrogen and oxygen atoms in total. The van der Waals surface area contributed by atoms with Crippen LogP contribution in [-0.2, 0) is 40.5 Å². The van der Waals surface area contributed by atoms with Crippen LogP contribution >= 0.6 is 7.91 Å². The molecule has 0 saturated carbocycles. The summed E-state index contributed by atoms with van der Waals surface area (Å²) in [4.78, 5) is 13.9. The van der Waals surface area contributed by atoms with Gasteiger partial charge in [0.15, 0.2) is 0 Å². The molecular weight excluding hydrogens is 247 g/mol. The average molecular weight is 251 g/mol. The molecule has 2 N–H and O–H groups in total. The van der Waals surface area contributed by atoms with Gasteiger partial charge in [-0.25, -0.2) is 4.57 Å². The quantitative estimate of drug-likeness (QED) is 0.333. The standard InChI is InChI=1S/Cr.FH2O3P.2Na.V.2H/c;1-5(2,3)4;;;;;/h;(H2,2,3,4);;;;;/q;;2*+1;;2*-1. The van der Waals surface area contributed by atoms with Crippen LogP contribution in [0.2, 0.25) is 0 Å². The van der Waals surface area contributed by atoms with Gasteiger partial charge in [-0.3, -0.25) is 9.79 Å². The van der Waals surface area contributed by atoms with Crippen LogP contribution in [0.4, 0.5) is 4.20 Å². The maximum Gasteiger partial charge on any atom is 1.00 e. The Labute approximate surface area is 122 Å². The third-order valence-corrected chi connectivity index (χ3v) is 0. The molecule has 0 aliphatic rings. The van der Waals surface area contributed by atoms with E-state index in [-0.39, 0.29) is 97.9 Å². The molecule has 0 aromatic carbocycles. The van der Waals surface area contributed by atoms with Crippen molar-refractivity contribution in [2.75, 3.05) is 0 Å². The summed E-state index contributed by atoms with van der Waals surface area (Å²) in [5.41, 5.74) is 0. The second-order valence-electron chi connectivity index (χ2n) is 0.473. The van der Waals surface area contributed by atoms with Crippen molar-refractivity contribution < 1.29 is 116 Å². The first-order valence-corrected chi connectivity index (χ1v) is 2.25. The summed E-state index contributed by atoms with van der Waals surface area (Å²) < 4.78 is 19.0. The third kappa shape index (κ3) is 92.7. The van der Waals surface area contributed by atoms with Crippen LogP contribution in [0.5, 0.6) is 0 Å². The van der Waals surface area contributed by atoms with Gasteiger partial charge in [0.1, 0.15) is 0 Å². The van der Waals surface area contributed by atoms with Gasteiger partial charge in [-0.05, 0) is 0 Å². The van der Waals surface area contributed by atoms with Crippen molar-refractivity contribution >= 4 is 7.91 Å². The molecule has 0 rings (SSSR count). The molecule has 0 aromatic heterocycles. The SMILES string of the molecule is O=P(O)(O)F.[Cr].[H-].[H-].[Na+].[Na+].[V]. The number of rotatable bonds is 0. The van der Waals surface area contributed by atoms with Crippen molar-refractivity contribution in [3.05, 3.63) is 0 Å². The predicted octanol–water partition coefficient (Wildman–Crippen LogP) is -5.72. The molecule has 0 spiro atoms. The van der Waals surface area contributed by atoms with Gasteiger partial charge < -0.3 is 2.85 Å². The van der Waals surface area contributed by atoms with Crippen LogP contribution in [0.3, 0.4) is 0 Å². The van der Waals surface area contributed by atoms with Crippen LogP contribution in [0.1, 0.15) is 2.85 Å². The Morgan fingerprint density at radius 2 is 1.33 bits per heavy atom. The van der Waals surface area contributed by atoms with Gasteiger partial charge in [0.25, 0.3) is 0 Å². The Kier molecular flexibility index (Phi) is 45.2. The number of hydrogen-bond donors (Lipinski definition) is 2. The van der Waals surface area contributed by atoms with Gasteiger partial charge in [0, 0.05) is 35.9 Å². The summed E-state index contributed by atoms with van der Waals surface area (Å²) in [6.45, 7) is 0. The van der Waals surface area contributed by atoms with E-state index < -0.39 is 7.91 Å². The van der Waals surface area contributed by atoms with Crippen molar-refractivity contribution in [2.24, 2.45) is 0 Å². The predicted molar refractivity (Wildman–Crippen MR) is 15.4 cm³/mol. The van der Waals surface area contributed by atoms with Crippen LogP contribution < -0.4 is 59.1 Å². The van der Waals surface area contributed by atoms with Crippen LogP contribution in [0.25, 0.3) is 0 Å². The first kappa shape index (κ1) is 29.5. The molecule has 0 unspecified atom stereocenters. The molecule has 0 atom stereocenters. The summed E-state index contributed by atoms with van der Waals surface area (Å²) >= 11 is 0. The van der Waals surface area contributed by atoms with Crippen molar-refractivity contribution in [2.45, 2.75) is 0 Å². The van der Waals surface area contributed by atoms with E-state index in [1.165, 1.54) is 0 Å². The molecule has 47 valence electrons. The maximum atomic E-state index is 10.4. The minimum Gasteiger partial charge on any atom is -1.00 e. The molecule has 0 aliphatic heterocycles. The molecule has 0 heterocycles. The molecule has 9 heavy (non-hydrogen) atoms. The van der Waals surface area contributed by atoms with Crippen LogP contribution in [-0.4, -0.2) is 9.79 Å². The zero-order chi connectivity index (χ0) is 4.50. The van der Waals surface area contributed by atoms with E-state index >= 15 is 0 Å². The van der Waals surface area contributed by atoms with E-state index in [9.17, 15) is 4.20 Å². The van der Waals surface area contributed by atoms with E-state index in [1.54, 1.807) is 0 Å². The van der Waals surface area contributed by atoms with Crippen molar-refractivity contribution in [3.8, 4) is 0 Å². The molecule has 0 aromatic rings. The molecule has 0 aliphatic carbocycles. The fourth-order valence-electron chi connectivity index (χ4n) is 0. The summed E-state index contributed by atoms with van der Waals surface area (Å²) in [6, 6.07) is 0. The Morgan fingerprint density at radius 3 is 1.33 bits per heavy atom. The Bertz CT molecular complexity index is 75.5. The Hall–Kier alpha value is 3.20. The smallest absolute Gasteiger partial charge is 1.00 e. The minimum absolute atomic E-state index is 0. The van der Waals surface area contributed by atoms with Crippen LogP contribution in [0, 0.1) is 0 Å². The molecule has 9 heteroatoms. The Morgan fingerprint density at radius 1 is 1.33 bits per heavy atom. The molecule has 1 radical (unpaired) electrons. The molecular formula is H4CrFNa2O3PV. The largest absolute Gasteiger partial charge is 1.00 e. The fraction of sp³-hybridized carbons (Fsp3) is 0. The molecule has 0 saturated heterocycles. The fourth-order valence-corrected chi connectivity index (χ4v) is 0. The van der Waals surface area contributed by atoms with Crippen molar-refractivity contribution in [1.29, 1.82) is 0 Å². The maximum absolute atomic E-state index is 10.4. The number of halogens is 1. The first-order chi connectivity index (χ1) is 2.00. The van der Waals surface area contributed by atoms with Crippen LogP contribution in [0.15, 0.2) is 0 Å². The zero-order valence-electron chi connectivity index (χ0n) is 6.98. The summed E-state index contributed by atoms with van der Waals surface area (Å²) in [7, 11) is -5.14. The van der Waals surface area contributed by atoms with Gasteiger partial charge >= 0.3 is 67.0 Å². The third-order valence-electron chi connectivity index (χ3n) is 0. The summed E-state index contributed by atoms with van der Waals surface area (Å²) in [6.07, 6.45) is 0. The van der Waals surface area contributed by atoms with Crippen molar-refractivity contribution in [3.63, 3.8) is 0 Å². The second-order valence-corrected chi connectivity index (χ2v) is 1.42. The molecule has 0 amide bonds. The van der Waals surface area contributed by atoms with E-state index in [0.717, 1.165) is 0 Å². The second kappa shape index (κ2) is 13.8. The van der Waals surface area contributed by atoms with Gasteiger partial charge in [-0.2, -0.15) is 0 Å². The van der Waals surface area contributed by atoms with E-state index in [4.69, 9.17) is 14.4 Å². The normalized spacial score (nSPS) is 6.56. The molecule has 0 bridgehead atoms. The van der Waals surface area contributed by atoms with E-state index in [2.05, 4.69) is 0 Å². The number of hydrogen-bond acceptors (Lipinski definition) is 1. The monoisotopic (exact) mass is 251 g/mol. The average Bonchev–Trinajstić information content (AvgIpc) is 0.722. The van der Waals surface area contributed by atoms with Gasteiger partial charge in [-0.15, -0.1) is 4.20 Å². The van der Waals surface area contributed by atoms with E-state index in [1.807, 2.05) is 0 Å². The van der Waals surface area contributed by atoms with Gasteiger partial charge in [-0.1, -0.05) is 0 Å². The zero-order valence-corrected chi connectivity index (χ0v) is 12.5. The minimum atomic E-state index is -5.14. The van der Waals surface area contributed by atoms with Gasteiger partial charge in [0.05, 0.1) is 0 Å². The Balaban J connectivity index is -0.00000000533. The summed E-state index contributed by atoms with van der Waals surface area (Å²) in [5.74, 6) is 0. The van der Waals surface area contributed by atoms with Gasteiger partial charge in [0.2, 0.25) is 0 Å². The topological polar surface area (TPSA) is 57.5 Å². The first-order valence-electron chi connectivity index (χ1n) is 0.752. The summed E-state index contributed by atoms with van der Waals surface area (Å²) in [5, 5.41) is 0. The van der Waals surface area contributed by atoms with E-state index in [0.29, 0.717) is 0 Å². The van der Waals surface area contributed by atoms with Crippen molar-refractivity contribution in [1.82, 2.24) is 0 Å². The molecule has 0 fully saturated rings.